The van der Waals surface area contributed by atoms with Crippen LogP contribution >= 0.6 is 0 Å². The van der Waals surface area contributed by atoms with E-state index in [0.29, 0.717) is 28.0 Å². The Morgan fingerprint density at radius 1 is 0.906 bits per heavy atom. The Balaban J connectivity index is 1.57. The highest BCUT2D eigenvalue weighted by Crippen LogP contribution is 2.24. The molecule has 0 bridgehead atoms. The van der Waals surface area contributed by atoms with Crippen LogP contribution in [0.3, 0.4) is 0 Å². The first-order valence-electron chi connectivity index (χ1n) is 10.1. The van der Waals surface area contributed by atoms with Gasteiger partial charge in [-0.1, -0.05) is 54.6 Å². The summed E-state index contributed by atoms with van der Waals surface area (Å²) in [4.78, 5) is 29.7. The van der Waals surface area contributed by atoms with Gasteiger partial charge >= 0.3 is 0 Å². The molecular weight excluding hydrogens is 404 g/mol. The summed E-state index contributed by atoms with van der Waals surface area (Å²) in [7, 11) is 0. The third kappa shape index (κ3) is 4.58. The summed E-state index contributed by atoms with van der Waals surface area (Å²) in [5.74, 6) is -0.707. The van der Waals surface area contributed by atoms with E-state index in [4.69, 9.17) is 5.73 Å². The highest BCUT2D eigenvalue weighted by atomic mass is 16.3. The molecule has 5 N–H and O–H groups in total. The van der Waals surface area contributed by atoms with Gasteiger partial charge in [-0.25, -0.2) is 4.98 Å². The van der Waals surface area contributed by atoms with Gasteiger partial charge in [0.1, 0.15) is 5.82 Å². The van der Waals surface area contributed by atoms with E-state index in [9.17, 15) is 14.7 Å². The number of nitrogens with zero attached hydrogens (tertiary/aromatic N) is 1. The van der Waals surface area contributed by atoms with Crippen molar-refractivity contribution in [1.29, 1.82) is 0 Å². The van der Waals surface area contributed by atoms with Crippen molar-refractivity contribution in [3.8, 4) is 0 Å². The molecule has 0 aliphatic rings. The Hall–Kier alpha value is -4.23. The molecule has 7 nitrogen and oxygen atoms in total. The summed E-state index contributed by atoms with van der Waals surface area (Å²) in [6, 6.07) is 23.6. The smallest absolute Gasteiger partial charge is 0.255 e. The molecule has 2 atom stereocenters. The number of hydrogen-bond donors (Lipinski definition) is 4. The minimum atomic E-state index is -1.54. The fourth-order valence-electron chi connectivity index (χ4n) is 3.46. The number of aliphatic hydroxyl groups is 1. The number of aliphatic hydroxyl groups excluding tert-OH is 1. The van der Waals surface area contributed by atoms with Crippen molar-refractivity contribution in [2.45, 2.75) is 12.1 Å². The Morgan fingerprint density at radius 2 is 1.59 bits per heavy atom. The van der Waals surface area contributed by atoms with Crippen molar-refractivity contribution >= 4 is 34.1 Å². The van der Waals surface area contributed by atoms with Crippen molar-refractivity contribution < 1.29 is 14.7 Å². The number of carbonyl (C=O) groups excluding carboxylic acids is 2. The number of carbonyl (C=O) groups is 2. The van der Waals surface area contributed by atoms with E-state index in [2.05, 4.69) is 15.6 Å². The van der Waals surface area contributed by atoms with Crippen LogP contribution in [0.5, 0.6) is 0 Å². The van der Waals surface area contributed by atoms with Crippen molar-refractivity contribution in [3.05, 3.63) is 102 Å². The fourth-order valence-corrected chi connectivity index (χ4v) is 3.46. The van der Waals surface area contributed by atoms with E-state index < -0.39 is 24.0 Å². The lowest BCUT2D eigenvalue weighted by Gasteiger charge is -2.24. The van der Waals surface area contributed by atoms with Gasteiger partial charge in [-0.15, -0.1) is 0 Å². The maximum atomic E-state index is 12.9. The number of rotatable bonds is 6. The van der Waals surface area contributed by atoms with Crippen molar-refractivity contribution in [1.82, 2.24) is 10.3 Å². The summed E-state index contributed by atoms with van der Waals surface area (Å²) >= 11 is 0. The zero-order valence-electron chi connectivity index (χ0n) is 17.1. The fraction of sp³-hybridized carbons (Fsp3) is 0.0800. The Kier molecular flexibility index (Phi) is 6.10. The number of benzene rings is 3. The minimum absolute atomic E-state index is 0.344. The summed E-state index contributed by atoms with van der Waals surface area (Å²) in [6.45, 7) is 0. The van der Waals surface area contributed by atoms with Gasteiger partial charge in [0.05, 0.1) is 6.04 Å². The molecule has 0 saturated heterocycles. The molecule has 32 heavy (non-hydrogen) atoms. The first-order valence-corrected chi connectivity index (χ1v) is 10.1. The summed E-state index contributed by atoms with van der Waals surface area (Å²) in [5, 5.41) is 17.9. The van der Waals surface area contributed by atoms with Gasteiger partial charge in [0, 0.05) is 22.8 Å². The molecule has 0 aliphatic carbocycles. The van der Waals surface area contributed by atoms with E-state index in [-0.39, 0.29) is 0 Å². The number of anilines is 2. The standard InChI is InChI=1S/C25H22N4O3/c26-23-20-15-19(12-11-16(20)13-14-27-23)28-25(32)22(30)21(17-7-3-1-4-8-17)29-24(31)18-9-5-2-6-10-18/h1-15,21-22,30H,(H2,26,27)(H,28,32)(H,29,31). The first-order chi connectivity index (χ1) is 15.5. The second-order valence-corrected chi connectivity index (χ2v) is 7.29. The Bertz CT molecular complexity index is 1250. The van der Waals surface area contributed by atoms with Crippen LogP contribution in [0.15, 0.2) is 91.1 Å². The lowest BCUT2D eigenvalue weighted by Crippen LogP contribution is -2.42. The van der Waals surface area contributed by atoms with Crippen LogP contribution < -0.4 is 16.4 Å². The van der Waals surface area contributed by atoms with E-state index in [1.165, 1.54) is 0 Å². The third-order valence-electron chi connectivity index (χ3n) is 5.13. The molecule has 7 heteroatoms. The van der Waals surface area contributed by atoms with Gasteiger partial charge in [-0.3, -0.25) is 9.59 Å². The molecule has 160 valence electrons. The van der Waals surface area contributed by atoms with Crippen LogP contribution in [0.25, 0.3) is 10.8 Å². The molecule has 4 rings (SSSR count). The highest BCUT2D eigenvalue weighted by molar-refractivity contribution is 6.00. The zero-order valence-corrected chi connectivity index (χ0v) is 17.1. The quantitative estimate of drug-likeness (QED) is 0.377. The molecule has 0 spiro atoms. The molecule has 4 aromatic rings. The van der Waals surface area contributed by atoms with Crippen LogP contribution in [0, 0.1) is 0 Å². The molecule has 1 aromatic heterocycles. The van der Waals surface area contributed by atoms with E-state index >= 15 is 0 Å². The van der Waals surface area contributed by atoms with Crippen LogP contribution in [0.2, 0.25) is 0 Å². The maximum Gasteiger partial charge on any atom is 0.255 e. The molecular formula is C25H22N4O3. The van der Waals surface area contributed by atoms with Crippen molar-refractivity contribution in [3.63, 3.8) is 0 Å². The average Bonchev–Trinajstić information content (AvgIpc) is 2.83. The van der Waals surface area contributed by atoms with Gasteiger partial charge in [0.15, 0.2) is 6.10 Å². The Morgan fingerprint density at radius 3 is 2.31 bits per heavy atom. The lowest BCUT2D eigenvalue weighted by molar-refractivity contribution is -0.125. The van der Waals surface area contributed by atoms with Crippen LogP contribution in [0.4, 0.5) is 11.5 Å². The molecule has 0 radical (unpaired) electrons. The van der Waals surface area contributed by atoms with E-state index in [1.807, 2.05) is 12.1 Å². The second kappa shape index (κ2) is 9.28. The van der Waals surface area contributed by atoms with Crippen LogP contribution in [0.1, 0.15) is 22.0 Å². The van der Waals surface area contributed by atoms with E-state index in [1.54, 1.807) is 79.0 Å². The van der Waals surface area contributed by atoms with Crippen LogP contribution in [-0.4, -0.2) is 28.0 Å². The molecule has 0 fully saturated rings. The lowest BCUT2D eigenvalue weighted by atomic mass is 10.00. The van der Waals surface area contributed by atoms with Gasteiger partial charge in [0.2, 0.25) is 0 Å². The number of pyridine rings is 1. The zero-order chi connectivity index (χ0) is 22.5. The number of nitrogen functional groups attached to an aromatic ring is 1. The first kappa shape index (κ1) is 21.0. The van der Waals surface area contributed by atoms with Gasteiger partial charge in [-0.2, -0.15) is 0 Å². The molecule has 1 heterocycles. The number of hydrogen-bond acceptors (Lipinski definition) is 5. The minimum Gasteiger partial charge on any atom is -0.383 e. The highest BCUT2D eigenvalue weighted by Gasteiger charge is 2.29. The normalized spacial score (nSPS) is 12.7. The Labute approximate surface area is 184 Å². The van der Waals surface area contributed by atoms with Gasteiger partial charge in [-0.05, 0) is 41.3 Å². The van der Waals surface area contributed by atoms with Crippen molar-refractivity contribution in [2.75, 3.05) is 11.1 Å². The summed E-state index contributed by atoms with van der Waals surface area (Å²) in [5.41, 5.74) is 7.42. The number of nitrogens with two attached hydrogens (primary N) is 1. The number of aromatic nitrogens is 1. The number of nitrogens with one attached hydrogen (secondary N) is 2. The summed E-state index contributed by atoms with van der Waals surface area (Å²) in [6.07, 6.45) is 0.0755. The molecule has 0 aliphatic heterocycles. The summed E-state index contributed by atoms with van der Waals surface area (Å²) < 4.78 is 0. The number of fused-ring (bicyclic) bond motifs is 1. The topological polar surface area (TPSA) is 117 Å². The third-order valence-corrected chi connectivity index (χ3v) is 5.13. The predicted octanol–water partition coefficient (Wildman–Crippen LogP) is 3.29. The largest absolute Gasteiger partial charge is 0.383 e. The molecule has 2 amide bonds. The van der Waals surface area contributed by atoms with E-state index in [0.717, 1.165) is 5.39 Å². The molecule has 0 saturated carbocycles. The van der Waals surface area contributed by atoms with Crippen LogP contribution in [-0.2, 0) is 4.79 Å². The average molecular weight is 426 g/mol. The van der Waals surface area contributed by atoms with Gasteiger partial charge in [0.25, 0.3) is 11.8 Å². The number of amides is 2. The SMILES string of the molecule is Nc1nccc2ccc(NC(=O)C(O)C(NC(=O)c3ccccc3)c3ccccc3)cc12. The second-order valence-electron chi connectivity index (χ2n) is 7.29. The predicted molar refractivity (Wildman–Crippen MR) is 124 cm³/mol. The van der Waals surface area contributed by atoms with Gasteiger partial charge < -0.3 is 21.5 Å². The monoisotopic (exact) mass is 426 g/mol. The maximum absolute atomic E-state index is 12.9. The van der Waals surface area contributed by atoms with Crippen molar-refractivity contribution in [2.24, 2.45) is 0 Å². The molecule has 3 aromatic carbocycles. The molecule has 2 unspecified atom stereocenters.